The van der Waals surface area contributed by atoms with E-state index in [0.29, 0.717) is 0 Å². The second-order valence-electron chi connectivity index (χ2n) is 5.24. The van der Waals surface area contributed by atoms with Gasteiger partial charge in [0.25, 0.3) is 0 Å². The lowest BCUT2D eigenvalue weighted by molar-refractivity contribution is 0.0266. The van der Waals surface area contributed by atoms with E-state index in [0.717, 1.165) is 44.8 Å². The third-order valence-corrected chi connectivity index (χ3v) is 4.08. The summed E-state index contributed by atoms with van der Waals surface area (Å²) in [5.74, 6) is 0. The van der Waals surface area contributed by atoms with E-state index in [1.807, 2.05) is 0 Å². The smallest absolute Gasteiger partial charge is 0.124 e. The number of rotatable bonds is 2. The number of anilines is 1. The van der Waals surface area contributed by atoms with E-state index in [-0.39, 0.29) is 6.04 Å². The minimum absolute atomic E-state index is 0.139. The maximum Gasteiger partial charge on any atom is 0.124 e. The van der Waals surface area contributed by atoms with Gasteiger partial charge in [-0.05, 0) is 23.6 Å². The van der Waals surface area contributed by atoms with E-state index in [9.17, 15) is 5.26 Å². The molecule has 1 aromatic rings. The molecule has 1 aromatic carbocycles. The zero-order valence-electron chi connectivity index (χ0n) is 11.3. The van der Waals surface area contributed by atoms with Crippen LogP contribution in [0.15, 0.2) is 18.2 Å². The monoisotopic (exact) mass is 257 g/mol. The van der Waals surface area contributed by atoms with Crippen LogP contribution in [0.25, 0.3) is 0 Å². The van der Waals surface area contributed by atoms with Crippen molar-refractivity contribution in [3.8, 4) is 6.07 Å². The zero-order chi connectivity index (χ0) is 13.2. The molecule has 0 aromatic heterocycles. The molecule has 0 unspecified atom stereocenters. The molecule has 0 saturated carbocycles. The molecule has 1 atom stereocenters. The van der Waals surface area contributed by atoms with Gasteiger partial charge in [-0.2, -0.15) is 5.26 Å². The second-order valence-corrected chi connectivity index (χ2v) is 5.24. The van der Waals surface area contributed by atoms with Gasteiger partial charge in [0.15, 0.2) is 0 Å². The van der Waals surface area contributed by atoms with Crippen LogP contribution in [0.4, 0.5) is 5.69 Å². The van der Waals surface area contributed by atoms with Crippen molar-refractivity contribution in [2.75, 3.05) is 44.8 Å². The lowest BCUT2D eigenvalue weighted by atomic mass is 10.0. The van der Waals surface area contributed by atoms with Gasteiger partial charge in [-0.25, -0.2) is 0 Å². The predicted molar refractivity (Wildman–Crippen MR) is 74.2 cm³/mol. The molecule has 0 bridgehead atoms. The molecule has 100 valence electrons. The quantitative estimate of drug-likeness (QED) is 0.806. The molecule has 1 fully saturated rings. The minimum Gasteiger partial charge on any atom is -0.379 e. The van der Waals surface area contributed by atoms with Gasteiger partial charge >= 0.3 is 0 Å². The lowest BCUT2D eigenvalue weighted by Crippen LogP contribution is -2.38. The molecule has 2 aliphatic rings. The first-order valence-electron chi connectivity index (χ1n) is 6.85. The fraction of sp³-hybridized carbons (Fsp3) is 0.533. The van der Waals surface area contributed by atoms with Gasteiger partial charge in [-0.3, -0.25) is 4.90 Å². The fourth-order valence-corrected chi connectivity index (χ4v) is 2.96. The van der Waals surface area contributed by atoms with Gasteiger partial charge in [0, 0.05) is 32.4 Å². The topological polar surface area (TPSA) is 39.5 Å². The summed E-state index contributed by atoms with van der Waals surface area (Å²) < 4.78 is 5.36. The highest BCUT2D eigenvalue weighted by atomic mass is 16.5. The Morgan fingerprint density at radius 2 is 2.05 bits per heavy atom. The molecular weight excluding hydrogens is 238 g/mol. The summed E-state index contributed by atoms with van der Waals surface area (Å²) in [7, 11) is 2.12. The summed E-state index contributed by atoms with van der Waals surface area (Å²) in [6.45, 7) is 4.22. The van der Waals surface area contributed by atoms with Crippen molar-refractivity contribution in [1.29, 1.82) is 5.26 Å². The van der Waals surface area contributed by atoms with Crippen molar-refractivity contribution >= 4 is 5.69 Å². The Bertz CT molecular complexity index is 503. The van der Waals surface area contributed by atoms with Gasteiger partial charge < -0.3 is 9.64 Å². The predicted octanol–water partition coefficient (Wildman–Crippen LogP) is 1.58. The van der Waals surface area contributed by atoms with E-state index in [4.69, 9.17) is 4.74 Å². The van der Waals surface area contributed by atoms with Crippen LogP contribution in [0.3, 0.4) is 0 Å². The van der Waals surface area contributed by atoms with Gasteiger partial charge in [-0.15, -0.1) is 0 Å². The number of nitrogens with zero attached hydrogens (tertiary/aromatic N) is 3. The Labute approximate surface area is 114 Å². The standard InChI is InChI=1S/C15H19N3O/c1-17-5-4-13-10-12(2-3-14(13)17)15(11-16)18-6-8-19-9-7-18/h2-3,10,15H,4-9H2,1H3/t15-/m1/s1. The number of nitriles is 1. The van der Waals surface area contributed by atoms with Crippen LogP contribution < -0.4 is 4.90 Å². The summed E-state index contributed by atoms with van der Waals surface area (Å²) in [4.78, 5) is 4.49. The molecule has 0 amide bonds. The number of hydrogen-bond acceptors (Lipinski definition) is 4. The summed E-state index contributed by atoms with van der Waals surface area (Å²) in [6, 6.07) is 8.78. The number of likely N-dealkylation sites (N-methyl/N-ethyl adjacent to an activating group) is 1. The van der Waals surface area contributed by atoms with Crippen LogP contribution in [0.2, 0.25) is 0 Å². The molecule has 1 saturated heterocycles. The molecule has 0 spiro atoms. The number of hydrogen-bond donors (Lipinski definition) is 0. The second kappa shape index (κ2) is 5.20. The zero-order valence-corrected chi connectivity index (χ0v) is 11.3. The molecular formula is C15H19N3O. The van der Waals surface area contributed by atoms with E-state index in [1.54, 1.807) is 0 Å². The van der Waals surface area contributed by atoms with Gasteiger partial charge in [0.05, 0.1) is 19.3 Å². The number of benzene rings is 1. The SMILES string of the molecule is CN1CCc2cc([C@@H](C#N)N3CCOCC3)ccc21. The molecule has 0 aliphatic carbocycles. The number of fused-ring (bicyclic) bond motifs is 1. The average molecular weight is 257 g/mol. The highest BCUT2D eigenvalue weighted by Crippen LogP contribution is 2.31. The maximum absolute atomic E-state index is 9.49. The van der Waals surface area contributed by atoms with Gasteiger partial charge in [0.1, 0.15) is 6.04 Å². The fourth-order valence-electron chi connectivity index (χ4n) is 2.96. The van der Waals surface area contributed by atoms with Crippen molar-refractivity contribution in [3.63, 3.8) is 0 Å². The van der Waals surface area contributed by atoms with Crippen LogP contribution >= 0.6 is 0 Å². The summed E-state index contributed by atoms with van der Waals surface area (Å²) in [5, 5.41) is 9.49. The van der Waals surface area contributed by atoms with Crippen molar-refractivity contribution in [2.45, 2.75) is 12.5 Å². The Morgan fingerprint density at radius 3 is 2.79 bits per heavy atom. The summed E-state index contributed by atoms with van der Waals surface area (Å²) in [6.07, 6.45) is 1.08. The maximum atomic E-state index is 9.49. The van der Waals surface area contributed by atoms with E-state index >= 15 is 0 Å². The first-order valence-corrected chi connectivity index (χ1v) is 6.85. The van der Waals surface area contributed by atoms with Crippen LogP contribution in [0, 0.1) is 11.3 Å². The highest BCUT2D eigenvalue weighted by Gasteiger charge is 2.24. The Kier molecular flexibility index (Phi) is 3.41. The van der Waals surface area contributed by atoms with Crippen LogP contribution in [0.1, 0.15) is 17.2 Å². The third-order valence-electron chi connectivity index (χ3n) is 4.08. The number of morpholine rings is 1. The molecule has 19 heavy (non-hydrogen) atoms. The van der Waals surface area contributed by atoms with Crippen molar-refractivity contribution in [1.82, 2.24) is 4.90 Å². The van der Waals surface area contributed by atoms with Crippen LogP contribution in [0.5, 0.6) is 0 Å². The van der Waals surface area contributed by atoms with Crippen LogP contribution in [-0.2, 0) is 11.2 Å². The van der Waals surface area contributed by atoms with Gasteiger partial charge in [0.2, 0.25) is 0 Å². The highest BCUT2D eigenvalue weighted by molar-refractivity contribution is 5.59. The molecule has 0 radical (unpaired) electrons. The summed E-state index contributed by atoms with van der Waals surface area (Å²) in [5.41, 5.74) is 3.80. The van der Waals surface area contributed by atoms with Crippen molar-refractivity contribution in [2.24, 2.45) is 0 Å². The first kappa shape index (κ1) is 12.5. The largest absolute Gasteiger partial charge is 0.379 e. The summed E-state index contributed by atoms with van der Waals surface area (Å²) >= 11 is 0. The van der Waals surface area contributed by atoms with Crippen molar-refractivity contribution < 1.29 is 4.74 Å². The average Bonchev–Trinajstić information content (AvgIpc) is 2.82. The first-order chi connectivity index (χ1) is 9.29. The molecule has 0 N–H and O–H groups in total. The van der Waals surface area contributed by atoms with Gasteiger partial charge in [-0.1, -0.05) is 12.1 Å². The Balaban J connectivity index is 1.86. The normalized spacial score (nSPS) is 20.9. The number of ether oxygens (including phenoxy) is 1. The van der Waals surface area contributed by atoms with Crippen LogP contribution in [-0.4, -0.2) is 44.8 Å². The van der Waals surface area contributed by atoms with E-state index in [1.165, 1.54) is 11.3 Å². The molecule has 4 nitrogen and oxygen atoms in total. The van der Waals surface area contributed by atoms with E-state index in [2.05, 4.69) is 41.1 Å². The Hall–Kier alpha value is -1.57. The molecule has 3 rings (SSSR count). The van der Waals surface area contributed by atoms with E-state index < -0.39 is 0 Å². The molecule has 2 heterocycles. The molecule has 4 heteroatoms. The minimum atomic E-state index is -0.139. The third kappa shape index (κ3) is 2.32. The molecule has 2 aliphatic heterocycles. The van der Waals surface area contributed by atoms with Crippen molar-refractivity contribution in [3.05, 3.63) is 29.3 Å². The lowest BCUT2D eigenvalue weighted by Gasteiger charge is -2.30. The Morgan fingerprint density at radius 1 is 1.26 bits per heavy atom.